The van der Waals surface area contributed by atoms with Gasteiger partial charge in [0.25, 0.3) is 10.0 Å². The molecule has 0 aliphatic rings. The molecule has 0 unspecified atom stereocenters. The third-order valence-electron chi connectivity index (χ3n) is 6.35. The number of nitrogens with zero attached hydrogens (tertiary/aromatic N) is 4. The molecule has 8 heteroatoms. The van der Waals surface area contributed by atoms with Crippen LogP contribution in [0.15, 0.2) is 120 Å². The molecule has 0 amide bonds. The van der Waals surface area contributed by atoms with Gasteiger partial charge in [0.1, 0.15) is 5.69 Å². The summed E-state index contributed by atoms with van der Waals surface area (Å²) in [5, 5.41) is 20.9. The lowest BCUT2D eigenvalue weighted by molar-refractivity contribution is 0.121. The van der Waals surface area contributed by atoms with E-state index in [1.165, 1.54) is 0 Å². The lowest BCUT2D eigenvalue weighted by Gasteiger charge is -2.30. The number of aryl methyl sites for hydroxylation is 1. The Morgan fingerprint density at radius 1 is 0.757 bits per heavy atom. The van der Waals surface area contributed by atoms with Crippen molar-refractivity contribution in [2.75, 3.05) is 11.9 Å². The first-order valence-electron chi connectivity index (χ1n) is 11.7. The molecule has 1 N–H and O–H groups in total. The van der Waals surface area contributed by atoms with Crippen molar-refractivity contribution in [2.45, 2.75) is 17.4 Å². The van der Waals surface area contributed by atoms with Crippen molar-refractivity contribution < 1.29 is 13.5 Å². The smallest absolute Gasteiger partial charge is 0.286 e. The van der Waals surface area contributed by atoms with Crippen LogP contribution < -0.4 is 4.90 Å². The fourth-order valence-electron chi connectivity index (χ4n) is 4.33. The van der Waals surface area contributed by atoms with E-state index in [0.717, 1.165) is 9.65 Å². The standard InChI is InChI=1S/C29H26N4O3S/c1-22-18-20-26(21-19-22)37(35,36)33-28(32(2)25-16-10-5-11-17-25)27(30-31-33)29(34,23-12-6-3-7-13-23)24-14-8-4-9-15-24/h3-21,34H,1-2H3. The minimum atomic E-state index is -4.15. The van der Waals surface area contributed by atoms with Crippen LogP contribution in [0.5, 0.6) is 0 Å². The summed E-state index contributed by atoms with van der Waals surface area (Å²) in [6.45, 7) is 1.89. The van der Waals surface area contributed by atoms with Gasteiger partial charge in [0.15, 0.2) is 11.4 Å². The maximum absolute atomic E-state index is 13.9. The summed E-state index contributed by atoms with van der Waals surface area (Å²) in [5.41, 5.74) is 0.999. The number of aliphatic hydroxyl groups is 1. The van der Waals surface area contributed by atoms with Crippen LogP contribution in [0.25, 0.3) is 0 Å². The minimum Gasteiger partial charge on any atom is -0.374 e. The van der Waals surface area contributed by atoms with Gasteiger partial charge in [0.05, 0.1) is 4.90 Å². The average molecular weight is 511 g/mol. The van der Waals surface area contributed by atoms with Gasteiger partial charge in [-0.15, -0.1) is 9.19 Å². The van der Waals surface area contributed by atoms with Crippen LogP contribution in [0, 0.1) is 6.92 Å². The number of hydrogen-bond donors (Lipinski definition) is 1. The van der Waals surface area contributed by atoms with E-state index >= 15 is 0 Å². The van der Waals surface area contributed by atoms with E-state index in [1.807, 2.05) is 73.7 Å². The van der Waals surface area contributed by atoms with Crippen LogP contribution in [0.4, 0.5) is 11.5 Å². The van der Waals surface area contributed by atoms with E-state index in [4.69, 9.17) is 0 Å². The molecular weight excluding hydrogens is 484 g/mol. The average Bonchev–Trinajstić information content (AvgIpc) is 3.41. The third kappa shape index (κ3) is 4.30. The highest BCUT2D eigenvalue weighted by Gasteiger charge is 2.42. The van der Waals surface area contributed by atoms with Crippen molar-refractivity contribution >= 4 is 21.5 Å². The van der Waals surface area contributed by atoms with Crippen LogP contribution in [0.2, 0.25) is 0 Å². The van der Waals surface area contributed by atoms with Gasteiger partial charge in [0.2, 0.25) is 0 Å². The summed E-state index contributed by atoms with van der Waals surface area (Å²) in [5.74, 6) is 0.127. The normalized spacial score (nSPS) is 11.9. The monoisotopic (exact) mass is 510 g/mol. The van der Waals surface area contributed by atoms with Crippen LogP contribution in [0.3, 0.4) is 0 Å². The molecule has 5 rings (SSSR count). The number of benzene rings is 4. The third-order valence-corrected chi connectivity index (χ3v) is 7.92. The zero-order chi connectivity index (χ0) is 26.0. The van der Waals surface area contributed by atoms with Gasteiger partial charge < -0.3 is 10.0 Å². The van der Waals surface area contributed by atoms with Crippen LogP contribution in [-0.2, 0) is 15.6 Å². The second-order valence-electron chi connectivity index (χ2n) is 8.76. The van der Waals surface area contributed by atoms with Crippen molar-refractivity contribution in [3.63, 3.8) is 0 Å². The van der Waals surface area contributed by atoms with Gasteiger partial charge >= 0.3 is 0 Å². The fraction of sp³-hybridized carbons (Fsp3) is 0.103. The van der Waals surface area contributed by atoms with Crippen molar-refractivity contribution in [2.24, 2.45) is 0 Å². The Labute approximate surface area is 216 Å². The summed E-state index contributed by atoms with van der Waals surface area (Å²) in [6, 6.07) is 33.9. The molecule has 1 heterocycles. The van der Waals surface area contributed by atoms with E-state index < -0.39 is 15.6 Å². The molecule has 5 aromatic rings. The molecule has 7 nitrogen and oxygen atoms in total. The zero-order valence-electron chi connectivity index (χ0n) is 20.4. The predicted molar refractivity (Wildman–Crippen MR) is 143 cm³/mol. The summed E-state index contributed by atoms with van der Waals surface area (Å²) in [4.78, 5) is 1.75. The lowest BCUT2D eigenvalue weighted by atomic mass is 9.83. The highest BCUT2D eigenvalue weighted by atomic mass is 32.2. The van der Waals surface area contributed by atoms with Crippen LogP contribution in [-0.4, -0.2) is 35.0 Å². The quantitative estimate of drug-likeness (QED) is 0.336. The largest absolute Gasteiger partial charge is 0.374 e. The maximum Gasteiger partial charge on any atom is 0.286 e. The molecule has 0 aliphatic carbocycles. The zero-order valence-corrected chi connectivity index (χ0v) is 21.2. The molecule has 1 aromatic heterocycles. The topological polar surface area (TPSA) is 88.3 Å². The second-order valence-corrected chi connectivity index (χ2v) is 10.5. The predicted octanol–water partition coefficient (Wildman–Crippen LogP) is 4.88. The molecule has 0 spiro atoms. The van der Waals surface area contributed by atoms with Crippen molar-refractivity contribution in [3.05, 3.63) is 138 Å². The Balaban J connectivity index is 1.82. The van der Waals surface area contributed by atoms with E-state index in [-0.39, 0.29) is 16.4 Å². The van der Waals surface area contributed by atoms with Gasteiger partial charge in [-0.2, -0.15) is 8.42 Å². The molecule has 0 saturated heterocycles. The molecule has 0 saturated carbocycles. The molecule has 186 valence electrons. The summed E-state index contributed by atoms with van der Waals surface area (Å²) in [6.07, 6.45) is 0. The minimum absolute atomic E-state index is 0.0697. The molecular formula is C29H26N4O3S. The summed E-state index contributed by atoms with van der Waals surface area (Å²) in [7, 11) is -2.42. The number of para-hydroxylation sites is 1. The Morgan fingerprint density at radius 3 is 1.76 bits per heavy atom. The SMILES string of the molecule is Cc1ccc(S(=O)(=O)n2nnc(C(O)(c3ccccc3)c3ccccc3)c2N(C)c2ccccc2)cc1. The number of hydrogen-bond acceptors (Lipinski definition) is 6. The molecule has 37 heavy (non-hydrogen) atoms. The van der Waals surface area contributed by atoms with Gasteiger partial charge in [-0.05, 0) is 47.5 Å². The van der Waals surface area contributed by atoms with E-state index in [9.17, 15) is 13.5 Å². The molecule has 4 aromatic carbocycles. The lowest BCUT2D eigenvalue weighted by Crippen LogP contribution is -2.32. The molecule has 0 aliphatic heterocycles. The summed E-state index contributed by atoms with van der Waals surface area (Å²) >= 11 is 0. The number of rotatable bonds is 7. The van der Waals surface area contributed by atoms with Gasteiger partial charge in [-0.3, -0.25) is 0 Å². The fourth-order valence-corrected chi connectivity index (χ4v) is 5.58. The van der Waals surface area contributed by atoms with Gasteiger partial charge in [-0.1, -0.05) is 96.6 Å². The van der Waals surface area contributed by atoms with Gasteiger partial charge in [-0.25, -0.2) is 0 Å². The Bertz CT molecular complexity index is 1560. The molecule has 0 atom stereocenters. The van der Waals surface area contributed by atoms with Crippen molar-refractivity contribution in [1.82, 2.24) is 14.4 Å². The maximum atomic E-state index is 13.9. The number of anilines is 2. The first-order chi connectivity index (χ1) is 17.8. The van der Waals surface area contributed by atoms with E-state index in [0.29, 0.717) is 16.8 Å². The van der Waals surface area contributed by atoms with Crippen molar-refractivity contribution in [3.8, 4) is 0 Å². The molecule has 0 bridgehead atoms. The molecule has 0 fully saturated rings. The summed E-state index contributed by atoms with van der Waals surface area (Å²) < 4.78 is 28.6. The Kier molecular flexibility index (Phi) is 6.37. The highest BCUT2D eigenvalue weighted by Crippen LogP contribution is 2.42. The second kappa shape index (κ2) is 9.65. The molecule has 0 radical (unpaired) electrons. The number of aromatic nitrogens is 3. The Morgan fingerprint density at radius 2 is 1.24 bits per heavy atom. The first kappa shape index (κ1) is 24.4. The Hall–Kier alpha value is -4.27. The van der Waals surface area contributed by atoms with E-state index in [1.54, 1.807) is 60.5 Å². The van der Waals surface area contributed by atoms with Gasteiger partial charge in [0, 0.05) is 12.7 Å². The van der Waals surface area contributed by atoms with E-state index in [2.05, 4.69) is 10.3 Å². The van der Waals surface area contributed by atoms with Crippen molar-refractivity contribution in [1.29, 1.82) is 0 Å². The van der Waals surface area contributed by atoms with Crippen LogP contribution in [0.1, 0.15) is 22.4 Å². The highest BCUT2D eigenvalue weighted by molar-refractivity contribution is 7.90. The van der Waals surface area contributed by atoms with Crippen LogP contribution >= 0.6 is 0 Å². The first-order valence-corrected chi connectivity index (χ1v) is 13.2.